The van der Waals surface area contributed by atoms with Crippen LogP contribution in [0.1, 0.15) is 5.56 Å². The molecule has 3 rings (SSSR count). The zero-order valence-corrected chi connectivity index (χ0v) is 14.4. The van der Waals surface area contributed by atoms with Crippen molar-refractivity contribution in [3.8, 4) is 11.4 Å². The van der Waals surface area contributed by atoms with Crippen LogP contribution in [0.2, 0.25) is 5.02 Å². The van der Waals surface area contributed by atoms with E-state index in [4.69, 9.17) is 16.1 Å². The van der Waals surface area contributed by atoms with Gasteiger partial charge >= 0.3 is 0 Å². The van der Waals surface area contributed by atoms with E-state index in [2.05, 4.69) is 15.5 Å². The summed E-state index contributed by atoms with van der Waals surface area (Å²) in [5.41, 5.74) is 2.40. The Morgan fingerprint density at radius 1 is 1.21 bits per heavy atom. The van der Waals surface area contributed by atoms with Crippen LogP contribution in [-0.2, 0) is 4.79 Å². The third-order valence-corrected chi connectivity index (χ3v) is 4.54. The molecule has 0 spiro atoms. The first-order chi connectivity index (χ1) is 11.6. The molecule has 5 nitrogen and oxygen atoms in total. The topological polar surface area (TPSA) is 68.0 Å². The van der Waals surface area contributed by atoms with Gasteiger partial charge in [0.2, 0.25) is 11.7 Å². The summed E-state index contributed by atoms with van der Waals surface area (Å²) in [7, 11) is 0. The zero-order valence-electron chi connectivity index (χ0n) is 12.8. The molecule has 1 aromatic heterocycles. The Balaban J connectivity index is 1.59. The Hall–Kier alpha value is -2.31. The second kappa shape index (κ2) is 7.51. The van der Waals surface area contributed by atoms with Crippen molar-refractivity contribution < 1.29 is 9.32 Å². The molecule has 0 saturated carbocycles. The second-order valence-corrected chi connectivity index (χ2v) is 6.33. The van der Waals surface area contributed by atoms with Crippen LogP contribution < -0.4 is 5.32 Å². The molecule has 122 valence electrons. The third kappa shape index (κ3) is 3.96. The van der Waals surface area contributed by atoms with Gasteiger partial charge in [0.1, 0.15) is 0 Å². The maximum absolute atomic E-state index is 12.1. The SMILES string of the molecule is Cc1c(Cl)cccc1NC(=O)CSc1nc(-c2ccccc2)no1. The summed E-state index contributed by atoms with van der Waals surface area (Å²) in [6.07, 6.45) is 0. The average molecular weight is 360 g/mol. The van der Waals surface area contributed by atoms with Crippen LogP contribution in [0.4, 0.5) is 5.69 Å². The highest BCUT2D eigenvalue weighted by Crippen LogP contribution is 2.24. The third-order valence-electron chi connectivity index (χ3n) is 3.31. The van der Waals surface area contributed by atoms with E-state index < -0.39 is 0 Å². The van der Waals surface area contributed by atoms with Crippen molar-refractivity contribution >= 4 is 35.0 Å². The van der Waals surface area contributed by atoms with Gasteiger partial charge in [-0.05, 0) is 24.6 Å². The molecule has 1 heterocycles. The van der Waals surface area contributed by atoms with Crippen LogP contribution in [0.5, 0.6) is 0 Å². The molecule has 7 heteroatoms. The number of thioether (sulfide) groups is 1. The van der Waals surface area contributed by atoms with Crippen LogP contribution in [0, 0.1) is 6.92 Å². The number of nitrogens with zero attached hydrogens (tertiary/aromatic N) is 2. The molecule has 1 amide bonds. The van der Waals surface area contributed by atoms with Gasteiger partial charge in [-0.15, -0.1) is 0 Å². The lowest BCUT2D eigenvalue weighted by Gasteiger charge is -2.08. The quantitative estimate of drug-likeness (QED) is 0.682. The molecule has 0 fully saturated rings. The Morgan fingerprint density at radius 2 is 2.00 bits per heavy atom. The van der Waals surface area contributed by atoms with Gasteiger partial charge in [-0.25, -0.2) is 0 Å². The Kier molecular flexibility index (Phi) is 5.17. The number of hydrogen-bond acceptors (Lipinski definition) is 5. The average Bonchev–Trinajstić information content (AvgIpc) is 3.07. The van der Waals surface area contributed by atoms with Gasteiger partial charge in [0, 0.05) is 16.3 Å². The number of benzene rings is 2. The van der Waals surface area contributed by atoms with E-state index in [0.717, 1.165) is 11.1 Å². The fourth-order valence-corrected chi connectivity index (χ4v) is 2.77. The van der Waals surface area contributed by atoms with E-state index in [1.807, 2.05) is 43.3 Å². The van der Waals surface area contributed by atoms with Gasteiger partial charge in [-0.3, -0.25) is 4.79 Å². The number of amides is 1. The predicted molar refractivity (Wildman–Crippen MR) is 95.3 cm³/mol. The highest BCUT2D eigenvalue weighted by Gasteiger charge is 2.12. The normalized spacial score (nSPS) is 10.6. The molecule has 3 aromatic rings. The number of aromatic nitrogens is 2. The van der Waals surface area contributed by atoms with Gasteiger partial charge in [0.05, 0.1) is 5.75 Å². The molecule has 2 aromatic carbocycles. The number of rotatable bonds is 5. The number of hydrogen-bond donors (Lipinski definition) is 1. The maximum atomic E-state index is 12.1. The van der Waals surface area contributed by atoms with Crippen molar-refractivity contribution in [1.29, 1.82) is 0 Å². The minimum Gasteiger partial charge on any atom is -0.327 e. The van der Waals surface area contributed by atoms with Gasteiger partial charge in [-0.2, -0.15) is 4.98 Å². The Labute approximate surface area is 148 Å². The minimum absolute atomic E-state index is 0.162. The number of carbonyl (C=O) groups is 1. The van der Waals surface area contributed by atoms with Crippen LogP contribution in [0.3, 0.4) is 0 Å². The van der Waals surface area contributed by atoms with Gasteiger partial charge < -0.3 is 9.84 Å². The standard InChI is InChI=1S/C17H14ClN3O2S/c1-11-13(18)8-5-9-14(11)19-15(22)10-24-17-20-16(21-23-17)12-6-3-2-4-7-12/h2-9H,10H2,1H3,(H,19,22). The molecule has 0 aliphatic heterocycles. The smallest absolute Gasteiger partial charge is 0.286 e. The van der Waals surface area contributed by atoms with Crippen molar-refractivity contribution in [1.82, 2.24) is 10.1 Å². The first-order valence-corrected chi connectivity index (χ1v) is 8.57. The lowest BCUT2D eigenvalue weighted by atomic mass is 10.2. The zero-order chi connectivity index (χ0) is 16.9. The van der Waals surface area contributed by atoms with Crippen LogP contribution in [0.15, 0.2) is 58.3 Å². The lowest BCUT2D eigenvalue weighted by molar-refractivity contribution is -0.113. The fraction of sp³-hybridized carbons (Fsp3) is 0.118. The van der Waals surface area contributed by atoms with E-state index >= 15 is 0 Å². The summed E-state index contributed by atoms with van der Waals surface area (Å²) in [6, 6.07) is 14.9. The summed E-state index contributed by atoms with van der Waals surface area (Å²) in [6.45, 7) is 1.86. The number of anilines is 1. The van der Waals surface area contributed by atoms with Crippen molar-refractivity contribution in [2.75, 3.05) is 11.1 Å². The van der Waals surface area contributed by atoms with Crippen molar-refractivity contribution in [3.05, 3.63) is 59.1 Å². The maximum Gasteiger partial charge on any atom is 0.286 e. The fourth-order valence-electron chi connectivity index (χ4n) is 2.03. The van der Waals surface area contributed by atoms with Crippen molar-refractivity contribution in [2.24, 2.45) is 0 Å². The first-order valence-electron chi connectivity index (χ1n) is 7.20. The minimum atomic E-state index is -0.162. The molecule has 0 atom stereocenters. The summed E-state index contributed by atoms with van der Waals surface area (Å²) in [5, 5.41) is 7.71. The van der Waals surface area contributed by atoms with Gasteiger partial charge in [-0.1, -0.05) is 64.9 Å². The van der Waals surface area contributed by atoms with Crippen molar-refractivity contribution in [2.45, 2.75) is 12.1 Å². The molecule has 0 saturated heterocycles. The van der Waals surface area contributed by atoms with Crippen LogP contribution in [-0.4, -0.2) is 21.8 Å². The van der Waals surface area contributed by atoms with Crippen LogP contribution in [0.25, 0.3) is 11.4 Å². The molecule has 0 bridgehead atoms. The molecule has 0 unspecified atom stereocenters. The summed E-state index contributed by atoms with van der Waals surface area (Å²) < 4.78 is 5.16. The molecular formula is C17H14ClN3O2S. The van der Waals surface area contributed by atoms with E-state index in [0.29, 0.717) is 21.8 Å². The Bertz CT molecular complexity index is 852. The Morgan fingerprint density at radius 3 is 2.79 bits per heavy atom. The summed E-state index contributed by atoms with van der Waals surface area (Å²) in [5.74, 6) is 0.511. The first kappa shape index (κ1) is 16.5. The molecule has 0 aliphatic carbocycles. The monoisotopic (exact) mass is 359 g/mol. The molecule has 1 N–H and O–H groups in total. The van der Waals surface area contributed by atoms with Crippen LogP contribution >= 0.6 is 23.4 Å². The molecule has 24 heavy (non-hydrogen) atoms. The van der Waals surface area contributed by atoms with E-state index in [1.165, 1.54) is 11.8 Å². The summed E-state index contributed by atoms with van der Waals surface area (Å²) in [4.78, 5) is 16.3. The molecular weight excluding hydrogens is 346 g/mol. The second-order valence-electron chi connectivity index (χ2n) is 5.00. The molecule has 0 aliphatic rings. The predicted octanol–water partition coefficient (Wildman–Crippen LogP) is 4.43. The van der Waals surface area contributed by atoms with Gasteiger partial charge in [0.15, 0.2) is 0 Å². The molecule has 0 radical (unpaired) electrons. The highest BCUT2D eigenvalue weighted by atomic mass is 35.5. The highest BCUT2D eigenvalue weighted by molar-refractivity contribution is 7.99. The largest absolute Gasteiger partial charge is 0.327 e. The van der Waals surface area contributed by atoms with E-state index in [-0.39, 0.29) is 11.7 Å². The number of halogens is 1. The lowest BCUT2D eigenvalue weighted by Crippen LogP contribution is -2.14. The van der Waals surface area contributed by atoms with E-state index in [1.54, 1.807) is 12.1 Å². The number of nitrogens with one attached hydrogen (secondary N) is 1. The summed E-state index contributed by atoms with van der Waals surface area (Å²) >= 11 is 7.23. The number of carbonyl (C=O) groups excluding carboxylic acids is 1. The van der Waals surface area contributed by atoms with Crippen molar-refractivity contribution in [3.63, 3.8) is 0 Å². The van der Waals surface area contributed by atoms with Gasteiger partial charge in [0.25, 0.3) is 5.22 Å². The van der Waals surface area contributed by atoms with E-state index in [9.17, 15) is 4.79 Å².